The second kappa shape index (κ2) is 7.53. The second-order valence-corrected chi connectivity index (χ2v) is 7.50. The minimum absolute atomic E-state index is 0.0156. The molecule has 29 heavy (non-hydrogen) atoms. The molecule has 2 aliphatic heterocycles. The highest BCUT2D eigenvalue weighted by molar-refractivity contribution is 6.54. The van der Waals surface area contributed by atoms with Crippen molar-refractivity contribution in [3.05, 3.63) is 40.7 Å². The first-order valence-electron chi connectivity index (χ1n) is 9.43. The summed E-state index contributed by atoms with van der Waals surface area (Å²) in [6, 6.07) is 2.86. The molecule has 0 saturated carbocycles. The van der Waals surface area contributed by atoms with Gasteiger partial charge in [-0.3, -0.25) is 9.48 Å². The quantitative estimate of drug-likeness (QED) is 0.679. The van der Waals surface area contributed by atoms with Crippen LogP contribution in [0.15, 0.2) is 23.8 Å². The lowest BCUT2D eigenvalue weighted by molar-refractivity contribution is 0.0238. The molecule has 1 aromatic heterocycles. The minimum Gasteiger partial charge on any atom is -0.530 e. The number of hydrogen-bond acceptors (Lipinski definition) is 6. The van der Waals surface area contributed by atoms with E-state index in [0.29, 0.717) is 35.9 Å². The van der Waals surface area contributed by atoms with Crippen LogP contribution in [0, 0.1) is 11.7 Å². The van der Waals surface area contributed by atoms with Gasteiger partial charge < -0.3 is 25.5 Å². The van der Waals surface area contributed by atoms with E-state index < -0.39 is 18.8 Å². The van der Waals surface area contributed by atoms with Gasteiger partial charge in [-0.25, -0.2) is 4.39 Å². The normalized spacial score (nSPS) is 21.2. The highest BCUT2D eigenvalue weighted by Gasteiger charge is 2.28. The summed E-state index contributed by atoms with van der Waals surface area (Å²) in [5.74, 6) is -0.726. The fraction of sp³-hybridized carbons (Fsp3) is 0.368. The maximum atomic E-state index is 14.5. The third-order valence-electron chi connectivity index (χ3n) is 5.34. The van der Waals surface area contributed by atoms with Gasteiger partial charge in [-0.15, -0.1) is 0 Å². The lowest BCUT2D eigenvalue weighted by Gasteiger charge is -2.28. The summed E-state index contributed by atoms with van der Waals surface area (Å²) in [5.41, 5.74) is 7.15. The van der Waals surface area contributed by atoms with Crippen LogP contribution < -0.4 is 15.7 Å². The number of benzene rings is 1. The molecule has 0 spiro atoms. The number of nitrogens with two attached hydrogens (primary N) is 1. The molecule has 0 bridgehead atoms. The van der Waals surface area contributed by atoms with Crippen molar-refractivity contribution in [2.45, 2.75) is 26.3 Å². The Kier molecular flexibility index (Phi) is 5.05. The standard InChI is InChI=1S/C19H22BFN4O4/c1-10-3-4-28-9-16(10)25-8-14(18(22)26)19(24-25)23-13-6-12-5-11(2)20(27)29-17(12)15(21)7-13/h5-8,10,16,27H,3-4,9H2,1-2H3,(H2,22,26)(H,23,24)/t10-,16-/m0/s1. The first-order valence-corrected chi connectivity index (χ1v) is 9.43. The predicted octanol–water partition coefficient (Wildman–Crippen LogP) is 2.28. The van der Waals surface area contributed by atoms with Crippen LogP contribution >= 0.6 is 0 Å². The number of nitrogens with zero attached hydrogens (tertiary/aromatic N) is 2. The molecule has 0 aliphatic carbocycles. The number of carbonyl (C=O) groups is 1. The molecular formula is C19H22BFN4O4. The monoisotopic (exact) mass is 400 g/mol. The fourth-order valence-corrected chi connectivity index (χ4v) is 3.58. The maximum absolute atomic E-state index is 14.5. The van der Waals surface area contributed by atoms with Crippen LogP contribution in [0.4, 0.5) is 15.9 Å². The Labute approximate surface area is 167 Å². The zero-order chi connectivity index (χ0) is 20.7. The summed E-state index contributed by atoms with van der Waals surface area (Å²) in [5, 5.41) is 17.2. The van der Waals surface area contributed by atoms with Crippen molar-refractivity contribution in [2.24, 2.45) is 11.7 Å². The molecule has 1 saturated heterocycles. The number of allylic oxidation sites excluding steroid dienone is 1. The number of amides is 1. The topological polar surface area (TPSA) is 112 Å². The summed E-state index contributed by atoms with van der Waals surface area (Å²) in [7, 11) is -1.17. The van der Waals surface area contributed by atoms with E-state index in [9.17, 15) is 14.2 Å². The van der Waals surface area contributed by atoms with Crippen molar-refractivity contribution in [2.75, 3.05) is 18.5 Å². The van der Waals surface area contributed by atoms with Gasteiger partial charge >= 0.3 is 7.12 Å². The number of ether oxygens (including phenoxy) is 1. The first-order chi connectivity index (χ1) is 13.8. The zero-order valence-corrected chi connectivity index (χ0v) is 16.2. The molecule has 2 atom stereocenters. The van der Waals surface area contributed by atoms with Gasteiger partial charge in [-0.2, -0.15) is 5.10 Å². The van der Waals surface area contributed by atoms with Crippen molar-refractivity contribution in [1.29, 1.82) is 0 Å². The molecule has 4 N–H and O–H groups in total. The van der Waals surface area contributed by atoms with Gasteiger partial charge in [0.2, 0.25) is 0 Å². The number of halogens is 1. The molecule has 4 rings (SSSR count). The van der Waals surface area contributed by atoms with E-state index in [2.05, 4.69) is 17.3 Å². The second-order valence-electron chi connectivity index (χ2n) is 7.50. The minimum atomic E-state index is -1.17. The van der Waals surface area contributed by atoms with E-state index in [4.69, 9.17) is 15.1 Å². The fourth-order valence-electron chi connectivity index (χ4n) is 3.58. The zero-order valence-electron chi connectivity index (χ0n) is 16.2. The molecule has 1 fully saturated rings. The Morgan fingerprint density at radius 1 is 1.48 bits per heavy atom. The molecule has 2 aromatic rings. The molecule has 152 valence electrons. The van der Waals surface area contributed by atoms with Crippen molar-refractivity contribution in [3.8, 4) is 5.75 Å². The first kappa shape index (κ1) is 19.5. The molecule has 8 nitrogen and oxygen atoms in total. The van der Waals surface area contributed by atoms with Gasteiger partial charge in [-0.05, 0) is 30.8 Å². The van der Waals surface area contributed by atoms with Crippen LogP contribution in [0.5, 0.6) is 5.75 Å². The third-order valence-corrected chi connectivity index (χ3v) is 5.34. The molecule has 3 heterocycles. The molecule has 1 aromatic carbocycles. The molecular weight excluding hydrogens is 378 g/mol. The van der Waals surface area contributed by atoms with Crippen LogP contribution in [0.2, 0.25) is 0 Å². The van der Waals surface area contributed by atoms with E-state index in [1.54, 1.807) is 29.9 Å². The van der Waals surface area contributed by atoms with Crippen LogP contribution in [-0.4, -0.2) is 41.0 Å². The van der Waals surface area contributed by atoms with Gasteiger partial charge in [0.15, 0.2) is 11.6 Å². The largest absolute Gasteiger partial charge is 0.555 e. The molecule has 0 radical (unpaired) electrons. The van der Waals surface area contributed by atoms with E-state index in [-0.39, 0.29) is 23.2 Å². The number of fused-ring (bicyclic) bond motifs is 1. The lowest BCUT2D eigenvalue weighted by Crippen LogP contribution is -2.28. The van der Waals surface area contributed by atoms with E-state index >= 15 is 0 Å². The lowest BCUT2D eigenvalue weighted by atomic mass is 9.76. The average Bonchev–Trinajstić information content (AvgIpc) is 3.07. The smallest absolute Gasteiger partial charge is 0.530 e. The molecule has 1 amide bonds. The van der Waals surface area contributed by atoms with Crippen LogP contribution in [0.25, 0.3) is 6.08 Å². The number of anilines is 2. The predicted molar refractivity (Wildman–Crippen MR) is 106 cm³/mol. The summed E-state index contributed by atoms with van der Waals surface area (Å²) in [6.45, 7) is 4.99. The number of hydrogen-bond donors (Lipinski definition) is 3. The van der Waals surface area contributed by atoms with E-state index in [1.807, 2.05) is 0 Å². The number of nitrogens with one attached hydrogen (secondary N) is 1. The van der Waals surface area contributed by atoms with Gasteiger partial charge in [0, 0.05) is 30.1 Å². The van der Waals surface area contributed by atoms with Crippen LogP contribution in [0.1, 0.15) is 42.2 Å². The average molecular weight is 400 g/mol. The molecule has 2 aliphatic rings. The van der Waals surface area contributed by atoms with E-state index in [1.165, 1.54) is 6.07 Å². The van der Waals surface area contributed by atoms with Gasteiger partial charge in [-0.1, -0.05) is 13.0 Å². The number of primary amides is 1. The third kappa shape index (κ3) is 3.73. The summed E-state index contributed by atoms with van der Waals surface area (Å²) < 4.78 is 26.9. The van der Waals surface area contributed by atoms with Gasteiger partial charge in [0.05, 0.1) is 12.6 Å². The van der Waals surface area contributed by atoms with Crippen LogP contribution in [0.3, 0.4) is 0 Å². The summed E-state index contributed by atoms with van der Waals surface area (Å²) in [4.78, 5) is 11.9. The molecule has 10 heteroatoms. The Hall–Kier alpha value is -2.85. The Morgan fingerprint density at radius 2 is 2.28 bits per heavy atom. The number of rotatable bonds is 4. The summed E-state index contributed by atoms with van der Waals surface area (Å²) in [6.07, 6.45) is 4.14. The van der Waals surface area contributed by atoms with Crippen molar-refractivity contribution >= 4 is 30.6 Å². The number of carbonyl (C=O) groups excluding carboxylic acids is 1. The highest BCUT2D eigenvalue weighted by Crippen LogP contribution is 2.35. The Balaban J connectivity index is 1.67. The maximum Gasteiger partial charge on any atom is 0.555 e. The van der Waals surface area contributed by atoms with Crippen molar-refractivity contribution in [3.63, 3.8) is 0 Å². The molecule has 0 unspecified atom stereocenters. The van der Waals surface area contributed by atoms with Gasteiger partial charge in [0.1, 0.15) is 11.3 Å². The van der Waals surface area contributed by atoms with Crippen molar-refractivity contribution in [1.82, 2.24) is 9.78 Å². The van der Waals surface area contributed by atoms with Crippen LogP contribution in [-0.2, 0) is 4.74 Å². The number of aromatic nitrogens is 2. The Bertz CT molecular complexity index is 993. The van der Waals surface area contributed by atoms with Gasteiger partial charge in [0.25, 0.3) is 5.91 Å². The van der Waals surface area contributed by atoms with E-state index in [0.717, 1.165) is 6.42 Å². The van der Waals surface area contributed by atoms with Crippen molar-refractivity contribution < 1.29 is 23.6 Å². The Morgan fingerprint density at radius 3 is 3.00 bits per heavy atom. The highest BCUT2D eigenvalue weighted by atomic mass is 19.1. The summed E-state index contributed by atoms with van der Waals surface area (Å²) >= 11 is 0. The SMILES string of the molecule is CC1=Cc2cc(Nc3nn([C@H]4COCC[C@@H]4C)cc3C(N)=O)cc(F)c2OB1O.